The number of anilines is 1. The van der Waals surface area contributed by atoms with Gasteiger partial charge in [-0.25, -0.2) is 9.59 Å². The Morgan fingerprint density at radius 1 is 1.07 bits per heavy atom. The average molecular weight is 419 g/mol. The van der Waals surface area contributed by atoms with Gasteiger partial charge in [0, 0.05) is 17.3 Å². The van der Waals surface area contributed by atoms with Crippen molar-refractivity contribution >= 4 is 29.4 Å². The number of hydrogen-bond acceptors (Lipinski definition) is 5. The predicted molar refractivity (Wildman–Crippen MR) is 114 cm³/mol. The lowest BCUT2D eigenvalue weighted by Gasteiger charge is -2.30. The van der Waals surface area contributed by atoms with E-state index >= 15 is 0 Å². The van der Waals surface area contributed by atoms with E-state index < -0.39 is 23.7 Å². The molecule has 0 heterocycles. The lowest BCUT2D eigenvalue weighted by Crippen LogP contribution is -2.46. The fourth-order valence-corrected chi connectivity index (χ4v) is 2.75. The van der Waals surface area contributed by atoms with Crippen LogP contribution >= 0.6 is 11.6 Å². The van der Waals surface area contributed by atoms with Gasteiger partial charge in [-0.05, 0) is 50.6 Å². The van der Waals surface area contributed by atoms with Crippen molar-refractivity contribution in [3.63, 3.8) is 0 Å². The van der Waals surface area contributed by atoms with E-state index in [0.29, 0.717) is 17.3 Å². The molecule has 0 aliphatic carbocycles. The van der Waals surface area contributed by atoms with Crippen LogP contribution in [0.15, 0.2) is 54.6 Å². The van der Waals surface area contributed by atoms with Gasteiger partial charge in [-0.15, -0.1) is 0 Å². The zero-order valence-corrected chi connectivity index (χ0v) is 17.9. The molecule has 1 atom stereocenters. The molecule has 0 spiro atoms. The molecular weight excluding hydrogens is 392 g/mol. The third-order valence-corrected chi connectivity index (χ3v) is 4.19. The topological polar surface area (TPSA) is 67.9 Å². The van der Waals surface area contributed by atoms with Crippen LogP contribution in [0.1, 0.15) is 26.3 Å². The maximum Gasteiger partial charge on any atom is 0.410 e. The quantitative estimate of drug-likeness (QED) is 0.658. The molecule has 6 nitrogen and oxygen atoms in total. The molecule has 0 aromatic heterocycles. The van der Waals surface area contributed by atoms with Crippen LogP contribution in [0.3, 0.4) is 0 Å². The van der Waals surface area contributed by atoms with Crippen LogP contribution in [0.2, 0.25) is 5.02 Å². The number of benzene rings is 2. The van der Waals surface area contributed by atoms with Gasteiger partial charge in [-0.1, -0.05) is 41.9 Å². The van der Waals surface area contributed by atoms with Crippen LogP contribution in [0.4, 0.5) is 10.5 Å². The number of esters is 1. The van der Waals surface area contributed by atoms with E-state index in [-0.39, 0.29) is 6.54 Å². The molecule has 0 aliphatic heterocycles. The van der Waals surface area contributed by atoms with Crippen LogP contribution in [-0.4, -0.2) is 42.3 Å². The standard InChI is InChI=1S/C22H27ClN2O4/c1-22(2,3)29-21(27)25(14-16-8-6-5-7-9-16)15-19(20(26)28-4)24-18-12-10-17(23)11-13-18/h5-13,19,24H,14-15H2,1-4H3/t19-/m0/s1. The molecule has 0 saturated carbocycles. The van der Waals surface area contributed by atoms with Crippen molar-refractivity contribution in [2.75, 3.05) is 19.0 Å². The van der Waals surface area contributed by atoms with Gasteiger partial charge in [0.15, 0.2) is 0 Å². The first-order valence-electron chi connectivity index (χ1n) is 9.30. The molecule has 2 rings (SSSR count). The fraction of sp³-hybridized carbons (Fsp3) is 0.364. The molecule has 2 aromatic rings. The van der Waals surface area contributed by atoms with E-state index in [1.807, 2.05) is 30.3 Å². The van der Waals surface area contributed by atoms with Gasteiger partial charge in [-0.2, -0.15) is 0 Å². The van der Waals surface area contributed by atoms with Gasteiger partial charge in [0.05, 0.1) is 13.7 Å². The maximum absolute atomic E-state index is 12.8. The Balaban J connectivity index is 2.23. The third kappa shape index (κ3) is 7.66. The van der Waals surface area contributed by atoms with Crippen LogP contribution in [0.25, 0.3) is 0 Å². The summed E-state index contributed by atoms with van der Waals surface area (Å²) in [6.45, 7) is 5.77. The van der Waals surface area contributed by atoms with Crippen molar-refractivity contribution in [1.29, 1.82) is 0 Å². The minimum atomic E-state index is -0.780. The van der Waals surface area contributed by atoms with Gasteiger partial charge >= 0.3 is 12.1 Å². The SMILES string of the molecule is COC(=O)[C@H](CN(Cc1ccccc1)C(=O)OC(C)(C)C)Nc1ccc(Cl)cc1. The monoisotopic (exact) mass is 418 g/mol. The highest BCUT2D eigenvalue weighted by molar-refractivity contribution is 6.30. The third-order valence-electron chi connectivity index (χ3n) is 3.94. The van der Waals surface area contributed by atoms with Gasteiger partial charge in [-0.3, -0.25) is 0 Å². The van der Waals surface area contributed by atoms with E-state index in [2.05, 4.69) is 5.32 Å². The van der Waals surface area contributed by atoms with Crippen molar-refractivity contribution in [1.82, 2.24) is 4.90 Å². The number of halogens is 1. The van der Waals surface area contributed by atoms with E-state index in [9.17, 15) is 9.59 Å². The molecule has 0 bridgehead atoms. The smallest absolute Gasteiger partial charge is 0.410 e. The van der Waals surface area contributed by atoms with Crippen molar-refractivity contribution in [2.24, 2.45) is 0 Å². The summed E-state index contributed by atoms with van der Waals surface area (Å²) < 4.78 is 10.5. The Hall–Kier alpha value is -2.73. The average Bonchev–Trinajstić information content (AvgIpc) is 2.67. The Bertz CT molecular complexity index is 804. The van der Waals surface area contributed by atoms with Gasteiger partial charge < -0.3 is 19.7 Å². The summed E-state index contributed by atoms with van der Waals surface area (Å²) in [6, 6.07) is 15.7. The highest BCUT2D eigenvalue weighted by Crippen LogP contribution is 2.17. The number of carbonyl (C=O) groups is 2. The van der Waals surface area contributed by atoms with Crippen LogP contribution in [0.5, 0.6) is 0 Å². The fourth-order valence-electron chi connectivity index (χ4n) is 2.62. The summed E-state index contributed by atoms with van der Waals surface area (Å²) in [5.74, 6) is -0.485. The number of nitrogens with one attached hydrogen (secondary N) is 1. The minimum absolute atomic E-state index is 0.0686. The molecule has 1 amide bonds. The zero-order valence-electron chi connectivity index (χ0n) is 17.1. The predicted octanol–water partition coefficient (Wildman–Crippen LogP) is 4.73. The number of amides is 1. The Morgan fingerprint density at radius 2 is 1.69 bits per heavy atom. The largest absolute Gasteiger partial charge is 0.467 e. The lowest BCUT2D eigenvalue weighted by molar-refractivity contribution is -0.141. The van der Waals surface area contributed by atoms with Crippen LogP contribution in [0, 0.1) is 0 Å². The molecule has 0 saturated heterocycles. The summed E-state index contributed by atoms with van der Waals surface area (Å²) in [6.07, 6.45) is -0.506. The first-order chi connectivity index (χ1) is 13.7. The molecular formula is C22H27ClN2O4. The number of methoxy groups -OCH3 is 1. The Labute approximate surface area is 176 Å². The van der Waals surface area contributed by atoms with E-state index in [1.54, 1.807) is 45.0 Å². The molecule has 0 unspecified atom stereocenters. The van der Waals surface area contributed by atoms with E-state index in [0.717, 1.165) is 5.56 Å². The number of rotatable bonds is 7. The summed E-state index contributed by atoms with van der Waals surface area (Å²) in [5.41, 5.74) is 0.957. The molecule has 0 aliphatic rings. The van der Waals surface area contributed by atoms with Crippen molar-refractivity contribution in [3.8, 4) is 0 Å². The van der Waals surface area contributed by atoms with Crippen molar-refractivity contribution in [3.05, 3.63) is 65.2 Å². The lowest BCUT2D eigenvalue weighted by atomic mass is 10.2. The summed E-state index contributed by atoms with van der Waals surface area (Å²) >= 11 is 5.93. The van der Waals surface area contributed by atoms with Crippen LogP contribution < -0.4 is 5.32 Å². The Morgan fingerprint density at radius 3 is 2.24 bits per heavy atom. The summed E-state index contributed by atoms with van der Waals surface area (Å²) in [7, 11) is 1.31. The molecule has 1 N–H and O–H groups in total. The summed E-state index contributed by atoms with van der Waals surface area (Å²) in [4.78, 5) is 26.7. The van der Waals surface area contributed by atoms with Crippen molar-refractivity contribution < 1.29 is 19.1 Å². The molecule has 0 radical (unpaired) electrons. The first-order valence-corrected chi connectivity index (χ1v) is 9.67. The Kier molecular flexibility index (Phi) is 7.91. The van der Waals surface area contributed by atoms with Crippen molar-refractivity contribution in [2.45, 2.75) is 39.0 Å². The number of hydrogen-bond donors (Lipinski definition) is 1. The normalized spacial score (nSPS) is 12.0. The minimum Gasteiger partial charge on any atom is -0.467 e. The molecule has 156 valence electrons. The van der Waals surface area contributed by atoms with E-state index in [4.69, 9.17) is 21.1 Å². The van der Waals surface area contributed by atoms with Gasteiger partial charge in [0.1, 0.15) is 11.6 Å². The number of nitrogens with zero attached hydrogens (tertiary/aromatic N) is 1. The maximum atomic E-state index is 12.8. The second kappa shape index (κ2) is 10.2. The molecule has 29 heavy (non-hydrogen) atoms. The first kappa shape index (κ1) is 22.6. The van der Waals surface area contributed by atoms with Crippen LogP contribution in [-0.2, 0) is 20.8 Å². The van der Waals surface area contributed by atoms with E-state index in [1.165, 1.54) is 12.0 Å². The zero-order chi connectivity index (χ0) is 21.4. The highest BCUT2D eigenvalue weighted by atomic mass is 35.5. The number of ether oxygens (including phenoxy) is 2. The molecule has 2 aromatic carbocycles. The number of carbonyl (C=O) groups excluding carboxylic acids is 2. The van der Waals surface area contributed by atoms with Gasteiger partial charge in [0.25, 0.3) is 0 Å². The second-order valence-electron chi connectivity index (χ2n) is 7.57. The highest BCUT2D eigenvalue weighted by Gasteiger charge is 2.28. The summed E-state index contributed by atoms with van der Waals surface area (Å²) in [5, 5.41) is 3.70. The molecule has 0 fully saturated rings. The second-order valence-corrected chi connectivity index (χ2v) is 8.01. The van der Waals surface area contributed by atoms with Gasteiger partial charge in [0.2, 0.25) is 0 Å². The molecule has 7 heteroatoms.